The summed E-state index contributed by atoms with van der Waals surface area (Å²) in [5.74, 6) is 0. The highest BCUT2D eigenvalue weighted by molar-refractivity contribution is 7.93. The van der Waals surface area contributed by atoms with Gasteiger partial charge in [0.05, 0.1) is 5.25 Å². The fourth-order valence-electron chi connectivity index (χ4n) is 5.49. The molecule has 1 aliphatic carbocycles. The van der Waals surface area contributed by atoms with Crippen molar-refractivity contribution in [2.24, 2.45) is 0 Å². The first-order valence-electron chi connectivity index (χ1n) is 14.5. The Morgan fingerprint density at radius 3 is 2.00 bits per heavy atom. The SMILES string of the molecule is CC(C)N1CCN(c2ccc(C(=C(CCCO)c3ccccc3)c3ccc(NS(=O)(=O)C4CC4)cc3)cc2)CC1. The number of rotatable bonds is 11. The first kappa shape index (κ1) is 28.4. The van der Waals surface area contributed by atoms with Crippen LogP contribution in [0, 0.1) is 0 Å². The van der Waals surface area contributed by atoms with Gasteiger partial charge in [0, 0.05) is 50.2 Å². The minimum Gasteiger partial charge on any atom is -0.396 e. The minimum atomic E-state index is -3.32. The molecule has 1 saturated heterocycles. The van der Waals surface area contributed by atoms with Crippen molar-refractivity contribution < 1.29 is 13.5 Å². The number of nitrogens with one attached hydrogen (secondary N) is 1. The Labute approximate surface area is 239 Å². The fourth-order valence-corrected chi connectivity index (χ4v) is 6.88. The van der Waals surface area contributed by atoms with Crippen LogP contribution in [0.15, 0.2) is 78.9 Å². The van der Waals surface area contributed by atoms with Gasteiger partial charge in [0.25, 0.3) is 0 Å². The van der Waals surface area contributed by atoms with Crippen molar-refractivity contribution in [1.29, 1.82) is 0 Å². The maximum Gasteiger partial charge on any atom is 0.235 e. The molecule has 2 aliphatic rings. The van der Waals surface area contributed by atoms with Gasteiger partial charge >= 0.3 is 0 Å². The number of hydrogen-bond donors (Lipinski definition) is 2. The number of nitrogens with zero attached hydrogens (tertiary/aromatic N) is 2. The quantitative estimate of drug-likeness (QED) is 0.288. The first-order valence-corrected chi connectivity index (χ1v) is 16.0. The maximum atomic E-state index is 12.5. The maximum absolute atomic E-state index is 12.5. The molecule has 212 valence electrons. The first-order chi connectivity index (χ1) is 19.4. The molecule has 0 unspecified atom stereocenters. The number of hydrogen-bond acceptors (Lipinski definition) is 5. The Hall–Kier alpha value is -3.13. The fraction of sp³-hybridized carbons (Fsp3) is 0.394. The molecule has 0 amide bonds. The van der Waals surface area contributed by atoms with E-state index in [4.69, 9.17) is 0 Å². The third kappa shape index (κ3) is 6.77. The van der Waals surface area contributed by atoms with Gasteiger partial charge in [0.2, 0.25) is 10.0 Å². The van der Waals surface area contributed by atoms with Crippen LogP contribution in [0.2, 0.25) is 0 Å². The van der Waals surface area contributed by atoms with Crippen LogP contribution in [0.3, 0.4) is 0 Å². The molecule has 0 spiro atoms. The van der Waals surface area contributed by atoms with E-state index in [1.54, 1.807) is 0 Å². The number of anilines is 2. The van der Waals surface area contributed by atoms with E-state index in [0.29, 0.717) is 18.2 Å². The number of sulfonamides is 1. The normalized spacial score (nSPS) is 17.1. The van der Waals surface area contributed by atoms with Gasteiger partial charge in [-0.1, -0.05) is 54.6 Å². The van der Waals surface area contributed by atoms with Gasteiger partial charge in [0.15, 0.2) is 0 Å². The molecule has 0 aromatic heterocycles. The Bertz CT molecular complexity index is 1390. The predicted octanol–water partition coefficient (Wildman–Crippen LogP) is 5.85. The summed E-state index contributed by atoms with van der Waals surface area (Å²) in [7, 11) is -3.32. The van der Waals surface area contributed by atoms with Crippen LogP contribution in [0.4, 0.5) is 11.4 Å². The van der Waals surface area contributed by atoms with E-state index in [-0.39, 0.29) is 11.9 Å². The molecular formula is C33H41N3O3S. The number of benzene rings is 3. The molecule has 5 rings (SSSR count). The molecule has 1 aliphatic heterocycles. The lowest BCUT2D eigenvalue weighted by Gasteiger charge is -2.38. The molecule has 3 aromatic rings. The monoisotopic (exact) mass is 559 g/mol. The van der Waals surface area contributed by atoms with E-state index in [1.165, 1.54) is 11.3 Å². The molecule has 1 saturated carbocycles. The highest BCUT2D eigenvalue weighted by Crippen LogP contribution is 2.37. The molecule has 0 bridgehead atoms. The second kappa shape index (κ2) is 12.6. The van der Waals surface area contributed by atoms with Crippen LogP contribution in [-0.2, 0) is 10.0 Å². The van der Waals surface area contributed by atoms with Crippen molar-refractivity contribution in [2.75, 3.05) is 42.4 Å². The van der Waals surface area contributed by atoms with Crippen molar-refractivity contribution in [1.82, 2.24) is 4.90 Å². The summed E-state index contributed by atoms with van der Waals surface area (Å²) in [4.78, 5) is 4.98. The van der Waals surface area contributed by atoms with Crippen molar-refractivity contribution in [3.05, 3.63) is 95.6 Å². The summed E-state index contributed by atoms with van der Waals surface area (Å²) in [6.45, 7) is 8.81. The summed E-state index contributed by atoms with van der Waals surface area (Å²) in [5.41, 5.74) is 7.33. The Morgan fingerprint density at radius 1 is 0.850 bits per heavy atom. The third-order valence-corrected chi connectivity index (χ3v) is 9.84. The van der Waals surface area contributed by atoms with Crippen LogP contribution in [0.25, 0.3) is 11.1 Å². The van der Waals surface area contributed by atoms with Gasteiger partial charge in [-0.2, -0.15) is 0 Å². The van der Waals surface area contributed by atoms with Gasteiger partial charge in [-0.25, -0.2) is 8.42 Å². The number of piperazine rings is 1. The second-order valence-corrected chi connectivity index (χ2v) is 13.1. The van der Waals surface area contributed by atoms with E-state index in [2.05, 4.69) is 64.8 Å². The van der Waals surface area contributed by atoms with E-state index in [9.17, 15) is 13.5 Å². The lowest BCUT2D eigenvalue weighted by Crippen LogP contribution is -2.48. The van der Waals surface area contributed by atoms with Crippen LogP contribution >= 0.6 is 0 Å². The molecule has 0 atom stereocenters. The van der Waals surface area contributed by atoms with Gasteiger partial charge in [-0.05, 0) is 91.6 Å². The number of aliphatic hydroxyl groups excluding tert-OH is 1. The molecule has 6 nitrogen and oxygen atoms in total. The molecule has 40 heavy (non-hydrogen) atoms. The predicted molar refractivity (Wildman–Crippen MR) is 166 cm³/mol. The lowest BCUT2D eigenvalue weighted by atomic mass is 9.87. The molecule has 7 heteroatoms. The Balaban J connectivity index is 1.50. The van der Waals surface area contributed by atoms with Gasteiger partial charge in [-0.15, -0.1) is 0 Å². The molecule has 1 heterocycles. The summed E-state index contributed by atoms with van der Waals surface area (Å²) in [5, 5.41) is 9.45. The van der Waals surface area contributed by atoms with Gasteiger partial charge in [0.1, 0.15) is 0 Å². The number of allylic oxidation sites excluding steroid dienone is 1. The Morgan fingerprint density at radius 2 is 1.45 bits per heavy atom. The third-order valence-electron chi connectivity index (χ3n) is 7.97. The second-order valence-electron chi connectivity index (χ2n) is 11.1. The van der Waals surface area contributed by atoms with Crippen LogP contribution in [-0.4, -0.2) is 62.5 Å². The molecule has 2 N–H and O–H groups in total. The van der Waals surface area contributed by atoms with Crippen LogP contribution in [0.5, 0.6) is 0 Å². The Kier molecular flexibility index (Phi) is 8.94. The van der Waals surface area contributed by atoms with E-state index < -0.39 is 10.0 Å². The van der Waals surface area contributed by atoms with E-state index >= 15 is 0 Å². The zero-order chi connectivity index (χ0) is 28.1. The van der Waals surface area contributed by atoms with Crippen molar-refractivity contribution >= 4 is 32.5 Å². The highest BCUT2D eigenvalue weighted by atomic mass is 32.2. The zero-order valence-electron chi connectivity index (χ0n) is 23.6. The lowest BCUT2D eigenvalue weighted by molar-refractivity contribution is 0.209. The molecular weight excluding hydrogens is 518 g/mol. The van der Waals surface area contributed by atoms with Gasteiger partial charge < -0.3 is 10.0 Å². The standard InChI is InChI=1S/C33H41N3O3S/c1-25(2)35-20-22-36(23-21-35)30-16-12-28(13-17-30)33(32(9-6-24-37)26-7-4-3-5-8-26)27-10-14-29(15-11-27)34-40(38,39)31-18-19-31/h3-5,7-8,10-17,25,31,34,37H,6,9,18-24H2,1-2H3. The molecule has 3 aromatic carbocycles. The topological polar surface area (TPSA) is 72.9 Å². The smallest absolute Gasteiger partial charge is 0.235 e. The van der Waals surface area contributed by atoms with Crippen molar-refractivity contribution in [3.8, 4) is 0 Å². The zero-order valence-corrected chi connectivity index (χ0v) is 24.4. The average Bonchev–Trinajstić information content (AvgIpc) is 3.83. The summed E-state index contributed by atoms with van der Waals surface area (Å²) < 4.78 is 27.7. The minimum absolute atomic E-state index is 0.118. The van der Waals surface area contributed by atoms with E-state index in [0.717, 1.165) is 67.7 Å². The van der Waals surface area contributed by atoms with Crippen molar-refractivity contribution in [3.63, 3.8) is 0 Å². The van der Waals surface area contributed by atoms with Gasteiger partial charge in [-0.3, -0.25) is 9.62 Å². The summed E-state index contributed by atoms with van der Waals surface area (Å²) in [6, 6.07) is 27.5. The van der Waals surface area contributed by atoms with Crippen LogP contribution < -0.4 is 9.62 Å². The van der Waals surface area contributed by atoms with Crippen LogP contribution in [0.1, 0.15) is 56.2 Å². The molecule has 0 radical (unpaired) electrons. The van der Waals surface area contributed by atoms with E-state index in [1.807, 2.05) is 42.5 Å². The highest BCUT2D eigenvalue weighted by Gasteiger charge is 2.35. The van der Waals surface area contributed by atoms with Crippen molar-refractivity contribution in [2.45, 2.75) is 50.8 Å². The largest absolute Gasteiger partial charge is 0.396 e. The number of aliphatic hydroxyl groups is 1. The summed E-state index contributed by atoms with van der Waals surface area (Å²) >= 11 is 0. The summed E-state index contributed by atoms with van der Waals surface area (Å²) in [6.07, 6.45) is 2.85. The molecule has 2 fully saturated rings. The average molecular weight is 560 g/mol.